The summed E-state index contributed by atoms with van der Waals surface area (Å²) in [7, 11) is 0. The molecule has 0 heterocycles. The molecule has 0 radical (unpaired) electrons. The minimum absolute atomic E-state index is 0.264. The van der Waals surface area contributed by atoms with Gasteiger partial charge in [0.05, 0.1) is 5.92 Å². The first-order valence-electron chi connectivity index (χ1n) is 6.83. The quantitative estimate of drug-likeness (QED) is 0.897. The Labute approximate surface area is 131 Å². The number of nitrogens with two attached hydrogens (primary N) is 1. The topological polar surface area (TPSA) is 72.2 Å². The molecule has 0 aromatic heterocycles. The number of primary amides is 1. The Morgan fingerprint density at radius 2 is 1.67 bits per heavy atom. The number of hydrogen-bond acceptors (Lipinski definition) is 2. The van der Waals surface area contributed by atoms with Crippen LogP contribution in [0.15, 0.2) is 24.3 Å². The van der Waals surface area contributed by atoms with E-state index in [0.717, 1.165) is 5.56 Å². The standard InChI is InChI=1S/C16H23ClN2O2/c1-15(2,3)12(10-8-6-7-9-11(10)17)13(20)19-16(4,5)14(18)21/h6-9,12H,1-5H3,(H2,18,21)(H,19,20). The molecule has 1 aromatic rings. The highest BCUT2D eigenvalue weighted by atomic mass is 35.5. The molecule has 0 aliphatic heterocycles. The minimum atomic E-state index is -1.11. The lowest BCUT2D eigenvalue weighted by Crippen LogP contribution is -2.55. The average molecular weight is 311 g/mol. The summed E-state index contributed by atoms with van der Waals surface area (Å²) in [5.41, 5.74) is 4.59. The SMILES string of the molecule is CC(C)(NC(=O)C(c1ccccc1Cl)C(C)(C)C)C(N)=O. The van der Waals surface area contributed by atoms with Crippen molar-refractivity contribution in [1.82, 2.24) is 5.32 Å². The Balaban J connectivity index is 3.20. The highest BCUT2D eigenvalue weighted by Gasteiger charge is 2.37. The van der Waals surface area contributed by atoms with Gasteiger partial charge in [-0.3, -0.25) is 9.59 Å². The molecule has 116 valence electrons. The predicted octanol–water partition coefficient (Wildman–Crippen LogP) is 2.85. The molecule has 0 aliphatic rings. The highest BCUT2D eigenvalue weighted by Crippen LogP contribution is 2.38. The number of rotatable bonds is 4. The van der Waals surface area contributed by atoms with Gasteiger partial charge in [0, 0.05) is 5.02 Å². The van der Waals surface area contributed by atoms with Crippen molar-refractivity contribution in [2.75, 3.05) is 0 Å². The fraction of sp³-hybridized carbons (Fsp3) is 0.500. The molecule has 3 N–H and O–H groups in total. The molecule has 0 aliphatic carbocycles. The molecule has 4 nitrogen and oxygen atoms in total. The maximum Gasteiger partial charge on any atom is 0.242 e. The Bertz CT molecular complexity index is 547. The first kappa shape index (κ1) is 17.5. The molecule has 1 atom stereocenters. The van der Waals surface area contributed by atoms with Gasteiger partial charge in [0.25, 0.3) is 0 Å². The molecular weight excluding hydrogens is 288 g/mol. The maximum absolute atomic E-state index is 12.7. The average Bonchev–Trinajstić information content (AvgIpc) is 2.29. The molecule has 5 heteroatoms. The van der Waals surface area contributed by atoms with Crippen LogP contribution in [0.3, 0.4) is 0 Å². The summed E-state index contributed by atoms with van der Waals surface area (Å²) in [5, 5.41) is 3.25. The number of amides is 2. The smallest absolute Gasteiger partial charge is 0.242 e. The molecule has 2 amide bonds. The van der Waals surface area contributed by atoms with Crippen molar-refractivity contribution >= 4 is 23.4 Å². The van der Waals surface area contributed by atoms with Crippen molar-refractivity contribution < 1.29 is 9.59 Å². The van der Waals surface area contributed by atoms with Crippen LogP contribution in [0.25, 0.3) is 0 Å². The van der Waals surface area contributed by atoms with Crippen LogP contribution >= 0.6 is 11.6 Å². The van der Waals surface area contributed by atoms with E-state index >= 15 is 0 Å². The van der Waals surface area contributed by atoms with Crippen molar-refractivity contribution in [3.05, 3.63) is 34.9 Å². The van der Waals surface area contributed by atoms with E-state index in [1.165, 1.54) is 0 Å². The van der Waals surface area contributed by atoms with Gasteiger partial charge in [-0.15, -0.1) is 0 Å². The van der Waals surface area contributed by atoms with E-state index in [4.69, 9.17) is 17.3 Å². The number of halogens is 1. The van der Waals surface area contributed by atoms with E-state index in [9.17, 15) is 9.59 Å². The monoisotopic (exact) mass is 310 g/mol. The van der Waals surface area contributed by atoms with Crippen LogP contribution in [0.4, 0.5) is 0 Å². The molecule has 0 fully saturated rings. The van der Waals surface area contributed by atoms with Crippen LogP contribution in [-0.4, -0.2) is 17.4 Å². The van der Waals surface area contributed by atoms with Gasteiger partial charge in [-0.25, -0.2) is 0 Å². The fourth-order valence-corrected chi connectivity index (χ4v) is 2.40. The Morgan fingerprint density at radius 3 is 2.10 bits per heavy atom. The summed E-state index contributed by atoms with van der Waals surface area (Å²) < 4.78 is 0. The van der Waals surface area contributed by atoms with E-state index in [0.29, 0.717) is 5.02 Å². The zero-order chi connectivity index (χ0) is 16.4. The van der Waals surface area contributed by atoms with Gasteiger partial charge in [-0.2, -0.15) is 0 Å². The van der Waals surface area contributed by atoms with Crippen molar-refractivity contribution in [2.45, 2.75) is 46.1 Å². The molecule has 0 saturated heterocycles. The summed E-state index contributed by atoms with van der Waals surface area (Å²) in [4.78, 5) is 24.1. The van der Waals surface area contributed by atoms with Crippen LogP contribution in [0.2, 0.25) is 5.02 Å². The zero-order valence-corrected chi connectivity index (χ0v) is 13.9. The van der Waals surface area contributed by atoms with Crippen molar-refractivity contribution in [3.63, 3.8) is 0 Å². The molecule has 0 spiro atoms. The minimum Gasteiger partial charge on any atom is -0.368 e. The largest absolute Gasteiger partial charge is 0.368 e. The van der Waals surface area contributed by atoms with E-state index in [1.54, 1.807) is 19.9 Å². The summed E-state index contributed by atoms with van der Waals surface area (Å²) in [6.07, 6.45) is 0. The molecule has 21 heavy (non-hydrogen) atoms. The Hall–Kier alpha value is -1.55. The van der Waals surface area contributed by atoms with E-state index in [-0.39, 0.29) is 11.3 Å². The van der Waals surface area contributed by atoms with Crippen LogP contribution < -0.4 is 11.1 Å². The van der Waals surface area contributed by atoms with Gasteiger partial charge in [0.2, 0.25) is 11.8 Å². The third-order valence-electron chi connectivity index (χ3n) is 3.40. The normalized spacial score (nSPS) is 13.6. The first-order chi connectivity index (χ1) is 9.47. The van der Waals surface area contributed by atoms with E-state index < -0.39 is 17.4 Å². The van der Waals surface area contributed by atoms with Gasteiger partial charge in [0.1, 0.15) is 5.54 Å². The number of carbonyl (C=O) groups is 2. The molecule has 1 aromatic carbocycles. The van der Waals surface area contributed by atoms with Gasteiger partial charge < -0.3 is 11.1 Å². The van der Waals surface area contributed by atoms with Crippen molar-refractivity contribution in [3.8, 4) is 0 Å². The Kier molecular flexibility index (Phi) is 5.05. The lowest BCUT2D eigenvalue weighted by Gasteiger charge is -2.33. The third kappa shape index (κ3) is 4.21. The first-order valence-corrected chi connectivity index (χ1v) is 7.21. The summed E-state index contributed by atoms with van der Waals surface area (Å²) >= 11 is 6.23. The number of carbonyl (C=O) groups excluding carboxylic acids is 2. The van der Waals surface area contributed by atoms with Crippen LogP contribution in [0, 0.1) is 5.41 Å². The van der Waals surface area contributed by atoms with Crippen LogP contribution in [0.5, 0.6) is 0 Å². The fourth-order valence-electron chi connectivity index (χ4n) is 2.15. The van der Waals surface area contributed by atoms with Crippen molar-refractivity contribution in [2.24, 2.45) is 11.1 Å². The van der Waals surface area contributed by atoms with Gasteiger partial charge in [-0.1, -0.05) is 50.6 Å². The summed E-state index contributed by atoms with van der Waals surface area (Å²) in [6.45, 7) is 9.03. The number of hydrogen-bond donors (Lipinski definition) is 2. The van der Waals surface area contributed by atoms with Gasteiger partial charge >= 0.3 is 0 Å². The lowest BCUT2D eigenvalue weighted by molar-refractivity contribution is -0.132. The predicted molar refractivity (Wildman–Crippen MR) is 85.1 cm³/mol. The maximum atomic E-state index is 12.7. The molecule has 1 rings (SSSR count). The molecule has 1 unspecified atom stereocenters. The van der Waals surface area contributed by atoms with Crippen LogP contribution in [-0.2, 0) is 9.59 Å². The summed E-state index contributed by atoms with van der Waals surface area (Å²) in [6, 6.07) is 7.24. The van der Waals surface area contributed by atoms with Crippen LogP contribution in [0.1, 0.15) is 46.1 Å². The molecular formula is C16H23ClN2O2. The number of nitrogens with one attached hydrogen (secondary N) is 1. The summed E-state index contributed by atoms with van der Waals surface area (Å²) in [5.74, 6) is -1.33. The van der Waals surface area contributed by atoms with E-state index in [2.05, 4.69) is 5.32 Å². The molecule has 0 saturated carbocycles. The highest BCUT2D eigenvalue weighted by molar-refractivity contribution is 6.31. The van der Waals surface area contributed by atoms with Gasteiger partial charge in [-0.05, 0) is 30.9 Å². The Morgan fingerprint density at radius 1 is 1.14 bits per heavy atom. The van der Waals surface area contributed by atoms with Gasteiger partial charge in [0.15, 0.2) is 0 Å². The zero-order valence-electron chi connectivity index (χ0n) is 13.2. The van der Waals surface area contributed by atoms with E-state index in [1.807, 2.05) is 39.0 Å². The second-order valence-corrected chi connectivity index (χ2v) is 7.21. The third-order valence-corrected chi connectivity index (χ3v) is 3.74. The number of benzene rings is 1. The lowest BCUT2D eigenvalue weighted by atomic mass is 9.75. The van der Waals surface area contributed by atoms with Crippen molar-refractivity contribution in [1.29, 1.82) is 0 Å². The second-order valence-electron chi connectivity index (χ2n) is 6.80. The molecule has 0 bridgehead atoms. The second kappa shape index (κ2) is 6.06.